The van der Waals surface area contributed by atoms with Gasteiger partial charge in [0.25, 0.3) is 0 Å². The Balaban J connectivity index is 1.99. The van der Waals surface area contributed by atoms with Gasteiger partial charge in [0.1, 0.15) is 5.03 Å². The molecule has 2 aromatic carbocycles. The minimum absolute atomic E-state index is 0.131. The van der Waals surface area contributed by atoms with Gasteiger partial charge in [-0.1, -0.05) is 47.7 Å². The van der Waals surface area contributed by atoms with Gasteiger partial charge < -0.3 is 0 Å². The second-order valence-electron chi connectivity index (χ2n) is 4.20. The Labute approximate surface area is 130 Å². The summed E-state index contributed by atoms with van der Waals surface area (Å²) in [7, 11) is 0. The predicted molar refractivity (Wildman–Crippen MR) is 87.8 cm³/mol. The molecule has 0 spiro atoms. The van der Waals surface area contributed by atoms with Gasteiger partial charge in [-0.3, -0.25) is 9.36 Å². The summed E-state index contributed by atoms with van der Waals surface area (Å²) in [6.07, 6.45) is 0. The normalized spacial score (nSPS) is 11.1. The van der Waals surface area contributed by atoms with Crippen LogP contribution in [0.3, 0.4) is 0 Å². The molecule has 104 valence electrons. The van der Waals surface area contributed by atoms with Crippen LogP contribution in [0.2, 0.25) is 0 Å². The first-order chi connectivity index (χ1) is 10.3. The third-order valence-corrected chi connectivity index (χ3v) is 4.19. The van der Waals surface area contributed by atoms with Crippen molar-refractivity contribution in [1.29, 1.82) is 0 Å². The molecule has 0 saturated carbocycles. The molecule has 0 fully saturated rings. The summed E-state index contributed by atoms with van der Waals surface area (Å²) in [5, 5.41) is 9.24. The van der Waals surface area contributed by atoms with E-state index in [4.69, 9.17) is 0 Å². The smallest absolute Gasteiger partial charge is 0.260 e. The molecule has 1 heterocycles. The number of hydrogen-bond acceptors (Lipinski definition) is 5. The zero-order valence-corrected chi connectivity index (χ0v) is 12.6. The van der Waals surface area contributed by atoms with E-state index in [9.17, 15) is 4.79 Å². The van der Waals surface area contributed by atoms with Crippen molar-refractivity contribution in [2.75, 3.05) is 0 Å². The molecule has 1 aromatic heterocycles. The minimum Gasteiger partial charge on any atom is -0.260 e. The molecule has 0 amide bonds. The lowest BCUT2D eigenvalue weighted by molar-refractivity contribution is 0.923. The lowest BCUT2D eigenvalue weighted by atomic mass is 10.3. The first-order valence-electron chi connectivity index (χ1n) is 6.23. The van der Waals surface area contributed by atoms with Gasteiger partial charge in [-0.15, -0.1) is 22.9 Å². The van der Waals surface area contributed by atoms with Gasteiger partial charge in [0, 0.05) is 0 Å². The second kappa shape index (κ2) is 6.07. The number of thiol groups is 1. The Morgan fingerprint density at radius 3 is 2.19 bits per heavy atom. The average Bonchev–Trinajstić information content (AvgIpc) is 2.81. The summed E-state index contributed by atoms with van der Waals surface area (Å²) < 4.78 is 1.52. The molecule has 0 bridgehead atoms. The molecule has 0 unspecified atom stereocenters. The van der Waals surface area contributed by atoms with E-state index in [0.29, 0.717) is 10.0 Å². The van der Waals surface area contributed by atoms with E-state index in [0.717, 1.165) is 22.7 Å². The largest absolute Gasteiger partial charge is 0.314 e. The first kappa shape index (κ1) is 13.8. The molecule has 3 aromatic rings. The van der Waals surface area contributed by atoms with Crippen LogP contribution < -0.4 is 4.87 Å². The van der Waals surface area contributed by atoms with Crippen molar-refractivity contribution in [3.63, 3.8) is 0 Å². The topological polar surface area (TPSA) is 46.7 Å². The summed E-state index contributed by atoms with van der Waals surface area (Å²) in [5.41, 5.74) is 1.50. The van der Waals surface area contributed by atoms with Gasteiger partial charge in [0.2, 0.25) is 0 Å². The summed E-state index contributed by atoms with van der Waals surface area (Å²) in [5.74, 6) is 0. The molecule has 0 radical (unpaired) electrons. The van der Waals surface area contributed by atoms with E-state index in [1.54, 1.807) is 0 Å². The molecular formula is C15H11N3OS2. The van der Waals surface area contributed by atoms with E-state index < -0.39 is 0 Å². The van der Waals surface area contributed by atoms with Crippen LogP contribution in [0.15, 0.2) is 80.7 Å². The lowest BCUT2D eigenvalue weighted by Gasteiger charge is -2.02. The van der Waals surface area contributed by atoms with Crippen molar-refractivity contribution in [2.24, 2.45) is 10.2 Å². The Morgan fingerprint density at radius 1 is 0.905 bits per heavy atom. The van der Waals surface area contributed by atoms with Gasteiger partial charge >= 0.3 is 4.87 Å². The van der Waals surface area contributed by atoms with Crippen molar-refractivity contribution in [1.82, 2.24) is 4.57 Å². The SMILES string of the molecule is O=c1sc(N=Nc2ccccc2)c(S)n1-c1ccccc1. The fraction of sp³-hybridized carbons (Fsp3) is 0. The van der Waals surface area contributed by atoms with Crippen LogP contribution in [0.4, 0.5) is 10.7 Å². The highest BCUT2D eigenvalue weighted by atomic mass is 32.1. The quantitative estimate of drug-likeness (QED) is 0.557. The Bertz CT molecular complexity index is 823. The third kappa shape index (κ3) is 2.96. The zero-order valence-electron chi connectivity index (χ0n) is 10.9. The van der Waals surface area contributed by atoms with Crippen LogP contribution in [-0.2, 0) is 0 Å². The van der Waals surface area contributed by atoms with Crippen LogP contribution in [0.25, 0.3) is 5.69 Å². The molecular weight excluding hydrogens is 302 g/mol. The van der Waals surface area contributed by atoms with Gasteiger partial charge in [0.15, 0.2) is 5.00 Å². The summed E-state index contributed by atoms with van der Waals surface area (Å²) in [4.78, 5) is 12.0. The van der Waals surface area contributed by atoms with Crippen molar-refractivity contribution in [2.45, 2.75) is 5.03 Å². The highest BCUT2D eigenvalue weighted by molar-refractivity contribution is 7.80. The number of azo groups is 1. The highest BCUT2D eigenvalue weighted by Crippen LogP contribution is 2.30. The Morgan fingerprint density at radius 2 is 1.52 bits per heavy atom. The molecule has 3 rings (SSSR count). The maximum atomic E-state index is 12.1. The molecule has 0 aliphatic rings. The van der Waals surface area contributed by atoms with Gasteiger partial charge in [0.05, 0.1) is 11.4 Å². The van der Waals surface area contributed by atoms with E-state index in [1.165, 1.54) is 4.57 Å². The fourth-order valence-corrected chi connectivity index (χ4v) is 3.00. The maximum Gasteiger partial charge on any atom is 0.314 e. The molecule has 0 aliphatic carbocycles. The first-order valence-corrected chi connectivity index (χ1v) is 7.49. The molecule has 21 heavy (non-hydrogen) atoms. The number of hydrogen-bond donors (Lipinski definition) is 1. The number of benzene rings is 2. The second-order valence-corrected chi connectivity index (χ2v) is 5.57. The van der Waals surface area contributed by atoms with E-state index in [2.05, 4.69) is 22.9 Å². The molecule has 0 N–H and O–H groups in total. The summed E-state index contributed by atoms with van der Waals surface area (Å²) in [6.45, 7) is 0. The highest BCUT2D eigenvalue weighted by Gasteiger charge is 2.12. The summed E-state index contributed by atoms with van der Waals surface area (Å²) >= 11 is 5.44. The number of nitrogens with zero attached hydrogens (tertiary/aromatic N) is 3. The fourth-order valence-electron chi connectivity index (χ4n) is 1.82. The van der Waals surface area contributed by atoms with Crippen molar-refractivity contribution < 1.29 is 0 Å². The number of para-hydroxylation sites is 1. The number of aromatic nitrogens is 1. The van der Waals surface area contributed by atoms with Gasteiger partial charge in [-0.2, -0.15) is 0 Å². The Hall–Kier alpha value is -2.18. The van der Waals surface area contributed by atoms with Crippen LogP contribution in [0.1, 0.15) is 0 Å². The molecule has 4 nitrogen and oxygen atoms in total. The van der Waals surface area contributed by atoms with Gasteiger partial charge in [-0.05, 0) is 24.3 Å². The maximum absolute atomic E-state index is 12.1. The molecule has 0 saturated heterocycles. The van der Waals surface area contributed by atoms with Crippen LogP contribution in [0, 0.1) is 0 Å². The van der Waals surface area contributed by atoms with Crippen molar-refractivity contribution in [3.8, 4) is 5.69 Å². The monoisotopic (exact) mass is 313 g/mol. The molecule has 0 atom stereocenters. The lowest BCUT2D eigenvalue weighted by Crippen LogP contribution is -2.10. The summed E-state index contributed by atoms with van der Waals surface area (Å²) in [6, 6.07) is 18.7. The molecule has 0 aliphatic heterocycles. The van der Waals surface area contributed by atoms with Gasteiger partial charge in [-0.25, -0.2) is 0 Å². The average molecular weight is 313 g/mol. The Kier molecular flexibility index (Phi) is 3.98. The van der Waals surface area contributed by atoms with Crippen molar-refractivity contribution >= 4 is 34.7 Å². The standard InChI is InChI=1S/C15H11N3OS2/c19-15-18(12-9-5-2-6-10-12)14(20)13(21-15)17-16-11-7-3-1-4-8-11/h1-10,20H. The number of thiazole rings is 1. The van der Waals surface area contributed by atoms with E-state index >= 15 is 0 Å². The zero-order chi connectivity index (χ0) is 14.7. The predicted octanol–water partition coefficient (Wildman–Crippen LogP) is 4.60. The van der Waals surface area contributed by atoms with Crippen LogP contribution in [-0.4, -0.2) is 4.57 Å². The number of rotatable bonds is 3. The third-order valence-electron chi connectivity index (χ3n) is 2.80. The minimum atomic E-state index is -0.131. The molecule has 6 heteroatoms. The van der Waals surface area contributed by atoms with E-state index in [1.807, 2.05) is 60.7 Å². The van der Waals surface area contributed by atoms with Crippen LogP contribution in [0.5, 0.6) is 0 Å². The van der Waals surface area contributed by atoms with Crippen molar-refractivity contribution in [3.05, 3.63) is 70.3 Å². The van der Waals surface area contributed by atoms with E-state index in [-0.39, 0.29) is 4.87 Å². The van der Waals surface area contributed by atoms with Crippen LogP contribution >= 0.6 is 24.0 Å².